The van der Waals surface area contributed by atoms with Gasteiger partial charge in [-0.2, -0.15) is 0 Å². The van der Waals surface area contributed by atoms with Gasteiger partial charge in [0.2, 0.25) is 0 Å². The molecule has 148 valence electrons. The Bertz CT molecular complexity index is 1100. The number of pyridine rings is 1. The summed E-state index contributed by atoms with van der Waals surface area (Å²) in [4.78, 5) is 17.2. The molecule has 0 unspecified atom stereocenters. The number of ether oxygens (including phenoxy) is 2. The second-order valence-electron chi connectivity index (χ2n) is 6.78. The van der Waals surface area contributed by atoms with Crippen LogP contribution in [-0.2, 0) is 18.0 Å². The summed E-state index contributed by atoms with van der Waals surface area (Å²) in [5.41, 5.74) is 3.75. The van der Waals surface area contributed by atoms with E-state index >= 15 is 0 Å². The van der Waals surface area contributed by atoms with Crippen LogP contribution in [0.3, 0.4) is 0 Å². The Kier molecular flexibility index (Phi) is 6.16. The lowest BCUT2D eigenvalue weighted by Gasteiger charge is -2.11. The Hall–Kier alpha value is -3.92. The molecule has 0 saturated heterocycles. The van der Waals surface area contributed by atoms with Gasteiger partial charge in [0.1, 0.15) is 19.0 Å². The monoisotopic (exact) mass is 395 g/mol. The van der Waals surface area contributed by atoms with Gasteiger partial charge in [-0.3, -0.25) is 0 Å². The van der Waals surface area contributed by atoms with Crippen molar-refractivity contribution in [2.75, 3.05) is 0 Å². The zero-order valence-corrected chi connectivity index (χ0v) is 16.4. The van der Waals surface area contributed by atoms with Crippen LogP contribution in [0.15, 0.2) is 103 Å². The first-order valence-electron chi connectivity index (χ1n) is 9.73. The highest BCUT2D eigenvalue weighted by Crippen LogP contribution is 2.24. The standard InChI is InChI=1S/C26H21NO3/c28-26(30-19-21-12-6-2-7-13-21)25-17-23(29-18-20-10-4-1-5-11-20)16-24(27-25)22-14-8-3-9-15-22/h1-17H,18-19H2. The number of benzene rings is 3. The minimum atomic E-state index is -0.485. The quantitative estimate of drug-likeness (QED) is 0.378. The number of carbonyl (C=O) groups is 1. The Morgan fingerprint density at radius 1 is 0.700 bits per heavy atom. The van der Waals surface area contributed by atoms with Crippen molar-refractivity contribution in [2.45, 2.75) is 13.2 Å². The molecule has 3 aromatic carbocycles. The van der Waals surface area contributed by atoms with Gasteiger partial charge in [0.05, 0.1) is 5.69 Å². The molecule has 0 aliphatic heterocycles. The van der Waals surface area contributed by atoms with Crippen LogP contribution < -0.4 is 4.74 Å². The van der Waals surface area contributed by atoms with E-state index in [1.54, 1.807) is 6.07 Å². The summed E-state index contributed by atoms with van der Waals surface area (Å²) in [7, 11) is 0. The fourth-order valence-electron chi connectivity index (χ4n) is 2.99. The molecule has 0 aliphatic carbocycles. The summed E-state index contributed by atoms with van der Waals surface area (Å²) >= 11 is 0. The Morgan fingerprint density at radius 2 is 1.27 bits per heavy atom. The van der Waals surface area contributed by atoms with Crippen LogP contribution in [0.5, 0.6) is 5.75 Å². The van der Waals surface area contributed by atoms with Crippen molar-refractivity contribution in [3.05, 3.63) is 120 Å². The minimum absolute atomic E-state index is 0.192. The van der Waals surface area contributed by atoms with E-state index in [2.05, 4.69) is 4.98 Å². The Labute approximate surface area is 175 Å². The van der Waals surface area contributed by atoms with Crippen LogP contribution in [0, 0.1) is 0 Å². The van der Waals surface area contributed by atoms with Crippen LogP contribution in [0.2, 0.25) is 0 Å². The first-order chi connectivity index (χ1) is 14.8. The number of nitrogens with zero attached hydrogens (tertiary/aromatic N) is 1. The van der Waals surface area contributed by atoms with Gasteiger partial charge in [-0.25, -0.2) is 9.78 Å². The molecule has 4 aromatic rings. The molecule has 0 saturated carbocycles. The third-order valence-electron chi connectivity index (χ3n) is 4.54. The average molecular weight is 395 g/mol. The van der Waals surface area contributed by atoms with Gasteiger partial charge in [-0.05, 0) is 11.1 Å². The molecule has 1 aromatic heterocycles. The second kappa shape index (κ2) is 9.52. The molecule has 0 fully saturated rings. The highest BCUT2D eigenvalue weighted by molar-refractivity contribution is 5.88. The van der Waals surface area contributed by atoms with E-state index in [0.717, 1.165) is 16.7 Å². The second-order valence-corrected chi connectivity index (χ2v) is 6.78. The molecule has 0 atom stereocenters. The molecule has 0 N–H and O–H groups in total. The van der Waals surface area contributed by atoms with E-state index in [-0.39, 0.29) is 12.3 Å². The minimum Gasteiger partial charge on any atom is -0.489 e. The van der Waals surface area contributed by atoms with Crippen LogP contribution in [0.25, 0.3) is 11.3 Å². The summed E-state index contributed by atoms with van der Waals surface area (Å²) in [6.07, 6.45) is 0. The van der Waals surface area contributed by atoms with Crippen LogP contribution in [-0.4, -0.2) is 11.0 Å². The van der Waals surface area contributed by atoms with Gasteiger partial charge >= 0.3 is 5.97 Å². The Morgan fingerprint density at radius 3 is 1.90 bits per heavy atom. The number of aromatic nitrogens is 1. The maximum Gasteiger partial charge on any atom is 0.357 e. The molecule has 1 heterocycles. The zero-order valence-electron chi connectivity index (χ0n) is 16.4. The molecular formula is C26H21NO3. The molecule has 4 heteroatoms. The molecule has 0 amide bonds. The van der Waals surface area contributed by atoms with Crippen molar-refractivity contribution in [3.63, 3.8) is 0 Å². The predicted molar refractivity (Wildman–Crippen MR) is 116 cm³/mol. The molecule has 0 spiro atoms. The van der Waals surface area contributed by atoms with Crippen molar-refractivity contribution < 1.29 is 14.3 Å². The number of hydrogen-bond acceptors (Lipinski definition) is 4. The zero-order chi connectivity index (χ0) is 20.6. The molecule has 4 nitrogen and oxygen atoms in total. The van der Waals surface area contributed by atoms with Gasteiger partial charge in [-0.1, -0.05) is 91.0 Å². The maximum atomic E-state index is 12.7. The van der Waals surface area contributed by atoms with E-state index in [1.165, 1.54) is 0 Å². The SMILES string of the molecule is O=C(OCc1ccccc1)c1cc(OCc2ccccc2)cc(-c2ccccc2)n1. The van der Waals surface area contributed by atoms with Crippen LogP contribution in [0.4, 0.5) is 0 Å². The van der Waals surface area contributed by atoms with Crippen molar-refractivity contribution in [1.82, 2.24) is 4.98 Å². The van der Waals surface area contributed by atoms with Crippen molar-refractivity contribution >= 4 is 5.97 Å². The average Bonchev–Trinajstić information content (AvgIpc) is 2.83. The van der Waals surface area contributed by atoms with Gasteiger partial charge in [0, 0.05) is 17.7 Å². The highest BCUT2D eigenvalue weighted by Gasteiger charge is 2.14. The summed E-state index contributed by atoms with van der Waals surface area (Å²) in [6, 6.07) is 32.6. The first-order valence-corrected chi connectivity index (χ1v) is 9.73. The number of rotatable bonds is 7. The summed E-state index contributed by atoms with van der Waals surface area (Å²) in [5.74, 6) is 0.0839. The van der Waals surface area contributed by atoms with Crippen LogP contribution >= 0.6 is 0 Å². The van der Waals surface area contributed by atoms with Crippen molar-refractivity contribution in [1.29, 1.82) is 0 Å². The van der Waals surface area contributed by atoms with Gasteiger partial charge in [0.15, 0.2) is 5.69 Å². The summed E-state index contributed by atoms with van der Waals surface area (Å²) < 4.78 is 11.4. The van der Waals surface area contributed by atoms with Gasteiger partial charge < -0.3 is 9.47 Å². The normalized spacial score (nSPS) is 10.4. The topological polar surface area (TPSA) is 48.4 Å². The summed E-state index contributed by atoms with van der Waals surface area (Å²) in [5, 5.41) is 0. The smallest absolute Gasteiger partial charge is 0.357 e. The largest absolute Gasteiger partial charge is 0.489 e. The molecule has 0 radical (unpaired) electrons. The molecule has 4 rings (SSSR count). The van der Waals surface area contributed by atoms with E-state index < -0.39 is 5.97 Å². The predicted octanol–water partition coefficient (Wildman–Crippen LogP) is 5.68. The summed E-state index contributed by atoms with van der Waals surface area (Å²) in [6.45, 7) is 0.592. The lowest BCUT2D eigenvalue weighted by Crippen LogP contribution is -2.09. The lowest BCUT2D eigenvalue weighted by atomic mass is 10.1. The first kappa shape index (κ1) is 19.4. The van der Waals surface area contributed by atoms with E-state index in [4.69, 9.17) is 9.47 Å². The number of esters is 1. The van der Waals surface area contributed by atoms with Gasteiger partial charge in [0.25, 0.3) is 0 Å². The lowest BCUT2D eigenvalue weighted by molar-refractivity contribution is 0.0465. The van der Waals surface area contributed by atoms with E-state index in [0.29, 0.717) is 18.1 Å². The molecule has 0 bridgehead atoms. The fourth-order valence-corrected chi connectivity index (χ4v) is 2.99. The third-order valence-corrected chi connectivity index (χ3v) is 4.54. The number of hydrogen-bond donors (Lipinski definition) is 0. The maximum absolute atomic E-state index is 12.7. The number of carbonyl (C=O) groups excluding carboxylic acids is 1. The molecule has 0 aliphatic rings. The third kappa shape index (κ3) is 5.11. The Balaban J connectivity index is 1.57. The van der Waals surface area contributed by atoms with Crippen LogP contribution in [0.1, 0.15) is 21.6 Å². The van der Waals surface area contributed by atoms with E-state index in [9.17, 15) is 4.79 Å². The molecule has 30 heavy (non-hydrogen) atoms. The van der Waals surface area contributed by atoms with Gasteiger partial charge in [-0.15, -0.1) is 0 Å². The van der Waals surface area contributed by atoms with E-state index in [1.807, 2.05) is 97.1 Å². The highest BCUT2D eigenvalue weighted by atomic mass is 16.5. The van der Waals surface area contributed by atoms with Crippen molar-refractivity contribution in [2.24, 2.45) is 0 Å². The fraction of sp³-hybridized carbons (Fsp3) is 0.0769. The van der Waals surface area contributed by atoms with Crippen molar-refractivity contribution in [3.8, 4) is 17.0 Å². The molecular weight excluding hydrogens is 374 g/mol.